The Morgan fingerprint density at radius 2 is 0.864 bits per heavy atom. The molecule has 0 heterocycles. The van der Waals surface area contributed by atoms with Gasteiger partial charge in [-0.15, -0.1) is 6.58 Å². The highest BCUT2D eigenvalue weighted by Crippen LogP contribution is 1.84. The lowest BCUT2D eigenvalue weighted by molar-refractivity contribution is -0.0153. The van der Waals surface area contributed by atoms with Crippen LogP contribution in [0.5, 0.6) is 0 Å². The molecular weight excluding hydrogens is 290 g/mol. The highest BCUT2D eigenvalue weighted by atomic mass is 16.6. The summed E-state index contributed by atoms with van der Waals surface area (Å²) < 4.78 is 31.7. The third kappa shape index (κ3) is 19.5. The molecule has 0 aromatic carbocycles. The van der Waals surface area contributed by atoms with Crippen molar-refractivity contribution in [3.63, 3.8) is 0 Å². The van der Waals surface area contributed by atoms with E-state index in [9.17, 15) is 0 Å². The maximum Gasteiger partial charge on any atom is 0.0704 e. The number of hydrogen-bond donors (Lipinski definition) is 1. The summed E-state index contributed by atoms with van der Waals surface area (Å²) in [5.41, 5.74) is 5.29. The van der Waals surface area contributed by atoms with Crippen molar-refractivity contribution in [2.24, 2.45) is 5.73 Å². The van der Waals surface area contributed by atoms with E-state index in [1.807, 2.05) is 0 Å². The summed E-state index contributed by atoms with van der Waals surface area (Å²) >= 11 is 0. The molecule has 0 radical (unpaired) electrons. The van der Waals surface area contributed by atoms with Crippen LogP contribution in [0.2, 0.25) is 0 Å². The lowest BCUT2D eigenvalue weighted by atomic mass is 10.6. The predicted molar refractivity (Wildman–Crippen MR) is 84.2 cm³/mol. The Morgan fingerprint density at radius 3 is 1.18 bits per heavy atom. The highest BCUT2D eigenvalue weighted by molar-refractivity contribution is 4.63. The average Bonchev–Trinajstić information content (AvgIpc) is 2.54. The molecule has 0 saturated carbocycles. The Morgan fingerprint density at radius 1 is 0.545 bits per heavy atom. The molecule has 0 aliphatic rings. The normalized spacial score (nSPS) is 11.0. The zero-order chi connectivity index (χ0) is 16.1. The fourth-order valence-corrected chi connectivity index (χ4v) is 1.35. The molecule has 0 rings (SSSR count). The second kappa shape index (κ2) is 20.5. The average molecular weight is 321 g/mol. The van der Waals surface area contributed by atoms with E-state index in [-0.39, 0.29) is 0 Å². The number of nitrogens with two attached hydrogens (primary N) is 1. The van der Waals surface area contributed by atoms with Crippen molar-refractivity contribution in [3.05, 3.63) is 12.7 Å². The van der Waals surface area contributed by atoms with Gasteiger partial charge in [0.05, 0.1) is 79.3 Å². The topological polar surface area (TPSA) is 81.4 Å². The van der Waals surface area contributed by atoms with Crippen LogP contribution in [0.4, 0.5) is 0 Å². The van der Waals surface area contributed by atoms with Crippen LogP contribution in [0.3, 0.4) is 0 Å². The summed E-state index contributed by atoms with van der Waals surface area (Å²) in [6, 6.07) is 0. The van der Waals surface area contributed by atoms with Gasteiger partial charge in [0.25, 0.3) is 0 Å². The van der Waals surface area contributed by atoms with E-state index in [1.54, 1.807) is 6.08 Å². The Labute approximate surface area is 133 Å². The van der Waals surface area contributed by atoms with Gasteiger partial charge in [-0.05, 0) is 0 Å². The standard InChI is InChI=1S/C15H31NO6/c1-2-4-17-6-8-19-10-12-21-14-15-22-13-11-20-9-7-18-5-3-16/h2H,1,3-16H2. The first-order chi connectivity index (χ1) is 10.9. The van der Waals surface area contributed by atoms with Crippen LogP contribution in [-0.4, -0.2) is 85.8 Å². The van der Waals surface area contributed by atoms with Crippen molar-refractivity contribution in [1.29, 1.82) is 0 Å². The van der Waals surface area contributed by atoms with Gasteiger partial charge >= 0.3 is 0 Å². The van der Waals surface area contributed by atoms with Gasteiger partial charge in [0.2, 0.25) is 0 Å². The van der Waals surface area contributed by atoms with E-state index < -0.39 is 0 Å². The molecule has 22 heavy (non-hydrogen) atoms. The molecule has 0 spiro atoms. The first-order valence-electron chi connectivity index (χ1n) is 7.69. The molecule has 2 N–H and O–H groups in total. The van der Waals surface area contributed by atoms with E-state index in [1.165, 1.54) is 0 Å². The van der Waals surface area contributed by atoms with E-state index in [0.717, 1.165) is 0 Å². The maximum atomic E-state index is 5.35. The number of hydrogen-bond acceptors (Lipinski definition) is 7. The van der Waals surface area contributed by atoms with Crippen molar-refractivity contribution >= 4 is 0 Å². The minimum atomic E-state index is 0.539. The smallest absolute Gasteiger partial charge is 0.0704 e. The van der Waals surface area contributed by atoms with Gasteiger partial charge in [-0.25, -0.2) is 0 Å². The van der Waals surface area contributed by atoms with Crippen LogP contribution in [0.15, 0.2) is 12.7 Å². The van der Waals surface area contributed by atoms with Gasteiger partial charge in [-0.3, -0.25) is 0 Å². The number of rotatable bonds is 19. The van der Waals surface area contributed by atoms with Gasteiger partial charge in [0.1, 0.15) is 0 Å². The van der Waals surface area contributed by atoms with Crippen LogP contribution < -0.4 is 5.73 Å². The van der Waals surface area contributed by atoms with Gasteiger partial charge in [0, 0.05) is 6.54 Å². The molecule has 7 nitrogen and oxygen atoms in total. The van der Waals surface area contributed by atoms with Gasteiger partial charge in [-0.1, -0.05) is 6.08 Å². The second-order valence-electron chi connectivity index (χ2n) is 4.21. The molecule has 0 bridgehead atoms. The van der Waals surface area contributed by atoms with Crippen LogP contribution in [0, 0.1) is 0 Å². The first kappa shape index (κ1) is 21.5. The molecule has 0 saturated heterocycles. The van der Waals surface area contributed by atoms with Crippen molar-refractivity contribution < 1.29 is 28.4 Å². The molecule has 0 amide bonds. The molecule has 0 atom stereocenters. The van der Waals surface area contributed by atoms with Crippen LogP contribution in [-0.2, 0) is 28.4 Å². The zero-order valence-electron chi connectivity index (χ0n) is 13.5. The lowest BCUT2D eigenvalue weighted by Crippen LogP contribution is -2.15. The Hall–Kier alpha value is -0.540. The van der Waals surface area contributed by atoms with E-state index in [4.69, 9.17) is 34.2 Å². The van der Waals surface area contributed by atoms with Crippen LogP contribution >= 0.6 is 0 Å². The van der Waals surface area contributed by atoms with Crippen LogP contribution in [0.1, 0.15) is 0 Å². The van der Waals surface area contributed by atoms with Gasteiger partial charge in [0.15, 0.2) is 0 Å². The van der Waals surface area contributed by atoms with Gasteiger partial charge in [-0.2, -0.15) is 0 Å². The molecule has 0 fully saturated rings. The van der Waals surface area contributed by atoms with Crippen molar-refractivity contribution in [2.45, 2.75) is 0 Å². The fraction of sp³-hybridized carbons (Fsp3) is 0.867. The Balaban J connectivity index is 2.92. The summed E-state index contributed by atoms with van der Waals surface area (Å²) in [5.74, 6) is 0. The minimum absolute atomic E-state index is 0.539. The third-order valence-corrected chi connectivity index (χ3v) is 2.36. The molecule has 0 aromatic heterocycles. The Bertz CT molecular complexity index is 218. The van der Waals surface area contributed by atoms with Gasteiger partial charge < -0.3 is 34.2 Å². The van der Waals surface area contributed by atoms with E-state index >= 15 is 0 Å². The molecule has 0 aliphatic heterocycles. The summed E-state index contributed by atoms with van der Waals surface area (Å²) in [4.78, 5) is 0. The van der Waals surface area contributed by atoms with Crippen LogP contribution in [0.25, 0.3) is 0 Å². The first-order valence-corrected chi connectivity index (χ1v) is 7.69. The predicted octanol–water partition coefficient (Wildman–Crippen LogP) is 0.231. The Kier molecular flexibility index (Phi) is 20.0. The summed E-state index contributed by atoms with van der Waals surface area (Å²) in [6.45, 7) is 10.8. The van der Waals surface area contributed by atoms with Crippen molar-refractivity contribution in [3.8, 4) is 0 Å². The molecular formula is C15H31NO6. The fourth-order valence-electron chi connectivity index (χ4n) is 1.35. The number of ether oxygens (including phenoxy) is 6. The molecule has 0 unspecified atom stereocenters. The molecule has 0 aromatic rings. The SMILES string of the molecule is C=CCOCCOCCOCCOCCOCCOCCN. The third-order valence-electron chi connectivity index (χ3n) is 2.36. The van der Waals surface area contributed by atoms with E-state index in [2.05, 4.69) is 6.58 Å². The molecule has 132 valence electrons. The highest BCUT2D eigenvalue weighted by Gasteiger charge is 1.93. The zero-order valence-corrected chi connectivity index (χ0v) is 13.5. The lowest BCUT2D eigenvalue weighted by Gasteiger charge is -2.07. The van der Waals surface area contributed by atoms with Crippen molar-refractivity contribution in [1.82, 2.24) is 0 Å². The summed E-state index contributed by atoms with van der Waals surface area (Å²) in [6.07, 6.45) is 1.71. The van der Waals surface area contributed by atoms with E-state index in [0.29, 0.717) is 85.8 Å². The molecule has 7 heteroatoms. The maximum absolute atomic E-state index is 5.35. The quantitative estimate of drug-likeness (QED) is 0.269. The monoisotopic (exact) mass is 321 g/mol. The largest absolute Gasteiger partial charge is 0.378 e. The molecule has 0 aliphatic carbocycles. The minimum Gasteiger partial charge on any atom is -0.378 e. The second-order valence-corrected chi connectivity index (χ2v) is 4.21. The summed E-state index contributed by atoms with van der Waals surface area (Å²) in [7, 11) is 0. The van der Waals surface area contributed by atoms with Crippen molar-refractivity contribution in [2.75, 3.05) is 85.8 Å². The summed E-state index contributed by atoms with van der Waals surface area (Å²) in [5, 5.41) is 0.